The van der Waals surface area contributed by atoms with Crippen LogP contribution >= 0.6 is 23.5 Å². The molecule has 3 atom stereocenters. The molecule has 0 radical (unpaired) electrons. The molecule has 2 fully saturated rings. The molecule has 0 saturated carbocycles. The summed E-state index contributed by atoms with van der Waals surface area (Å²) in [5, 5.41) is 12.0. The number of aromatic nitrogens is 4. The van der Waals surface area contributed by atoms with Crippen molar-refractivity contribution in [2.75, 3.05) is 23.8 Å². The minimum atomic E-state index is -3.94. The van der Waals surface area contributed by atoms with Gasteiger partial charge in [-0.2, -0.15) is 8.42 Å². The normalized spacial score (nSPS) is 26.7. The third-order valence-electron chi connectivity index (χ3n) is 4.69. The fraction of sp³-hybridized carbons (Fsp3) is 0.786. The number of amides is 1. The number of unbranched alkanes of at least 4 members (excludes halogenated alkanes) is 2. The predicted molar refractivity (Wildman–Crippen MR) is 105 cm³/mol. The maximum atomic E-state index is 12.0. The van der Waals surface area contributed by atoms with Crippen molar-refractivity contribution in [3.8, 4) is 0 Å². The van der Waals surface area contributed by atoms with Crippen LogP contribution in [-0.2, 0) is 31.0 Å². The second-order valence-electron chi connectivity index (χ2n) is 6.91. The summed E-state index contributed by atoms with van der Waals surface area (Å²) in [7, 11) is -3.94. The second-order valence-corrected chi connectivity index (χ2v) is 10.5. The number of tetrazole rings is 1. The topological polar surface area (TPSA) is 171 Å². The van der Waals surface area contributed by atoms with Crippen LogP contribution in [-0.4, -0.2) is 91.3 Å². The van der Waals surface area contributed by atoms with Gasteiger partial charge in [0.25, 0.3) is 16.6 Å². The van der Waals surface area contributed by atoms with Crippen LogP contribution in [0.15, 0.2) is 5.16 Å². The van der Waals surface area contributed by atoms with Crippen molar-refractivity contribution in [1.82, 2.24) is 25.1 Å². The van der Waals surface area contributed by atoms with Gasteiger partial charge in [0.2, 0.25) is 11.1 Å². The summed E-state index contributed by atoms with van der Waals surface area (Å²) in [6.45, 7) is 1.16. The quantitative estimate of drug-likeness (QED) is 0.134. The van der Waals surface area contributed by atoms with Gasteiger partial charge in [-0.1, -0.05) is 18.2 Å². The number of ether oxygens (including phenoxy) is 1. The van der Waals surface area contributed by atoms with E-state index in [0.29, 0.717) is 48.9 Å². The van der Waals surface area contributed by atoms with Gasteiger partial charge < -0.3 is 15.4 Å². The number of carbonyl (C=O) groups excluding carboxylic acids is 2. The van der Waals surface area contributed by atoms with Crippen LogP contribution in [0.5, 0.6) is 0 Å². The Morgan fingerprint density at radius 3 is 2.93 bits per heavy atom. The summed E-state index contributed by atoms with van der Waals surface area (Å²) in [6, 6.07) is -0.505. The minimum Gasteiger partial charge on any atom is -0.458 e. The second kappa shape index (κ2) is 9.16. The van der Waals surface area contributed by atoms with Gasteiger partial charge in [-0.05, 0) is 23.3 Å². The molecular weight excluding hydrogens is 444 g/mol. The Balaban J connectivity index is 1.53. The first-order chi connectivity index (χ1) is 13.7. The van der Waals surface area contributed by atoms with E-state index in [4.69, 9.17) is 15.0 Å². The smallest absolute Gasteiger partial charge is 0.293 e. The summed E-state index contributed by atoms with van der Waals surface area (Å²) in [4.78, 5) is 24.6. The number of hydrogen-bond donors (Lipinski definition) is 2. The van der Waals surface area contributed by atoms with Crippen LogP contribution in [0, 0.1) is 0 Å². The Hall–Kier alpha value is -1.42. The maximum absolute atomic E-state index is 12.0. The summed E-state index contributed by atoms with van der Waals surface area (Å²) in [5.41, 5.74) is 4.95. The molecule has 2 unspecified atom stereocenters. The van der Waals surface area contributed by atoms with Crippen molar-refractivity contribution in [1.29, 1.82) is 0 Å². The van der Waals surface area contributed by atoms with E-state index >= 15 is 0 Å². The maximum Gasteiger partial charge on any atom is 0.293 e. The zero-order chi connectivity index (χ0) is 21.1. The lowest BCUT2D eigenvalue weighted by molar-refractivity contribution is -0.156. The van der Waals surface area contributed by atoms with Crippen LogP contribution in [0.4, 0.5) is 0 Å². The summed E-state index contributed by atoms with van der Waals surface area (Å²) < 4.78 is 37.2. The lowest BCUT2D eigenvalue weighted by Crippen LogP contribution is -2.73. The van der Waals surface area contributed by atoms with Gasteiger partial charge >= 0.3 is 0 Å². The lowest BCUT2D eigenvalue weighted by Gasteiger charge is -2.53. The highest BCUT2D eigenvalue weighted by Crippen LogP contribution is 2.40. The number of nitrogens with zero attached hydrogens (tertiary/aromatic N) is 5. The molecule has 12 nitrogen and oxygen atoms in total. The minimum absolute atomic E-state index is 0.0797. The molecule has 29 heavy (non-hydrogen) atoms. The molecule has 0 aromatic carbocycles. The van der Waals surface area contributed by atoms with E-state index in [2.05, 4.69) is 15.5 Å². The van der Waals surface area contributed by atoms with E-state index in [0.717, 1.165) is 0 Å². The van der Waals surface area contributed by atoms with Gasteiger partial charge in [0.1, 0.15) is 17.0 Å². The number of aryl methyl sites for hydroxylation is 1. The average Bonchev–Trinajstić information content (AvgIpc) is 3.12. The van der Waals surface area contributed by atoms with Crippen LogP contribution in [0.2, 0.25) is 0 Å². The predicted octanol–water partition coefficient (Wildman–Crippen LogP) is -1.02. The Morgan fingerprint density at radius 2 is 2.21 bits per heavy atom. The molecule has 2 saturated heterocycles. The fourth-order valence-corrected chi connectivity index (χ4v) is 6.30. The number of carbonyl (C=O) groups is 2. The van der Waals surface area contributed by atoms with E-state index < -0.39 is 21.8 Å². The molecule has 0 aliphatic carbocycles. The van der Waals surface area contributed by atoms with Crippen molar-refractivity contribution < 1.29 is 27.3 Å². The molecule has 1 aromatic rings. The Bertz CT molecular complexity index is 851. The first-order valence-electron chi connectivity index (χ1n) is 8.88. The van der Waals surface area contributed by atoms with Crippen molar-refractivity contribution in [3.05, 3.63) is 0 Å². The number of fused-ring (bicyclic) bond motifs is 1. The molecule has 0 bridgehead atoms. The number of hydrogen-bond acceptors (Lipinski definition) is 11. The summed E-state index contributed by atoms with van der Waals surface area (Å²) in [6.07, 6.45) is 1.59. The van der Waals surface area contributed by atoms with Crippen LogP contribution < -0.4 is 5.73 Å². The fourth-order valence-electron chi connectivity index (χ4n) is 3.16. The number of rotatable bonds is 11. The van der Waals surface area contributed by atoms with Gasteiger partial charge in [0, 0.05) is 18.1 Å². The molecule has 3 N–H and O–H groups in total. The van der Waals surface area contributed by atoms with Gasteiger partial charge in [-0.25, -0.2) is 4.68 Å². The molecule has 0 spiro atoms. The standard InChI is InChI=1S/C14H22N6O6S3/c15-10-11(22)19-6-14(26-9-21,7-27-12(10)19)8-28-13-16-17-18-20(13)4-2-1-3-5-29(23,24)25/h9-10,12H,1-8,15H2,(H,23,24,25)/t10?,12-,14?/m1/s1. The third-order valence-corrected chi connectivity index (χ3v) is 8.30. The summed E-state index contributed by atoms with van der Waals surface area (Å²) >= 11 is 2.81. The lowest BCUT2D eigenvalue weighted by atomic mass is 10.0. The van der Waals surface area contributed by atoms with Crippen molar-refractivity contribution in [2.45, 2.75) is 48.0 Å². The zero-order valence-corrected chi connectivity index (χ0v) is 17.9. The molecule has 3 heterocycles. The molecule has 2 aliphatic rings. The van der Waals surface area contributed by atoms with Crippen LogP contribution in [0.3, 0.4) is 0 Å². The van der Waals surface area contributed by atoms with Gasteiger partial charge in [0.15, 0.2) is 0 Å². The van der Waals surface area contributed by atoms with Crippen molar-refractivity contribution in [3.63, 3.8) is 0 Å². The van der Waals surface area contributed by atoms with Crippen LogP contribution in [0.25, 0.3) is 0 Å². The molecule has 3 rings (SSSR count). The molecular formula is C14H22N6O6S3. The zero-order valence-electron chi connectivity index (χ0n) is 15.4. The van der Waals surface area contributed by atoms with E-state index in [-0.39, 0.29) is 23.6 Å². The van der Waals surface area contributed by atoms with E-state index in [1.807, 2.05) is 0 Å². The Morgan fingerprint density at radius 1 is 1.41 bits per heavy atom. The SMILES string of the molecule is NC1C(=O)N2CC(CSc3nnnn3CCCCCS(=O)(=O)O)(OC=O)CS[C@H]12. The summed E-state index contributed by atoms with van der Waals surface area (Å²) in [5.74, 6) is 0.458. The highest BCUT2D eigenvalue weighted by Gasteiger charge is 2.54. The Labute approximate surface area is 176 Å². The van der Waals surface area contributed by atoms with Gasteiger partial charge in [-0.15, -0.1) is 16.9 Å². The number of nitrogens with two attached hydrogens (primary N) is 1. The van der Waals surface area contributed by atoms with E-state index in [9.17, 15) is 18.0 Å². The highest BCUT2D eigenvalue weighted by molar-refractivity contribution is 8.00. The van der Waals surface area contributed by atoms with Gasteiger partial charge in [-0.3, -0.25) is 14.1 Å². The first kappa shape index (κ1) is 22.3. The van der Waals surface area contributed by atoms with Crippen LogP contribution in [0.1, 0.15) is 19.3 Å². The third kappa shape index (κ3) is 5.39. The highest BCUT2D eigenvalue weighted by atomic mass is 32.2. The molecule has 162 valence electrons. The Kier molecular flexibility index (Phi) is 7.03. The molecule has 1 aromatic heterocycles. The molecule has 1 amide bonds. The largest absolute Gasteiger partial charge is 0.458 e. The van der Waals surface area contributed by atoms with E-state index in [1.54, 1.807) is 9.58 Å². The molecule has 2 aliphatic heterocycles. The molecule has 15 heteroatoms. The van der Waals surface area contributed by atoms with Crippen molar-refractivity contribution >= 4 is 46.0 Å². The number of β-lactam (4-membered cyclic amide) rings is 1. The average molecular weight is 467 g/mol. The number of thioether (sulfide) groups is 2. The monoisotopic (exact) mass is 466 g/mol. The van der Waals surface area contributed by atoms with E-state index in [1.165, 1.54) is 23.5 Å². The van der Waals surface area contributed by atoms with Gasteiger partial charge in [0.05, 0.1) is 12.3 Å². The van der Waals surface area contributed by atoms with Crippen molar-refractivity contribution in [2.24, 2.45) is 5.73 Å². The first-order valence-corrected chi connectivity index (χ1v) is 12.5.